The van der Waals surface area contributed by atoms with Gasteiger partial charge in [0.25, 0.3) is 0 Å². The van der Waals surface area contributed by atoms with Gasteiger partial charge in [-0.1, -0.05) is 36.4 Å². The Morgan fingerprint density at radius 1 is 1.00 bits per heavy atom. The fourth-order valence-electron chi connectivity index (χ4n) is 4.21. The van der Waals surface area contributed by atoms with Gasteiger partial charge in [-0.05, 0) is 49.1 Å². The molecule has 1 aliphatic rings. The van der Waals surface area contributed by atoms with Crippen LogP contribution in [0.1, 0.15) is 19.8 Å². The first kappa shape index (κ1) is 24.5. The van der Waals surface area contributed by atoms with Crippen LogP contribution in [0.4, 0.5) is 11.4 Å². The molecule has 0 aromatic heterocycles. The zero-order valence-electron chi connectivity index (χ0n) is 20.2. The minimum Gasteiger partial charge on any atom is -0.493 e. The first-order chi connectivity index (χ1) is 17.1. The molecule has 1 aliphatic heterocycles. The highest BCUT2D eigenvalue weighted by atomic mass is 16.5. The van der Waals surface area contributed by atoms with Crippen molar-refractivity contribution < 1.29 is 19.1 Å². The number of amides is 2. The lowest BCUT2D eigenvalue weighted by Gasteiger charge is -2.29. The van der Waals surface area contributed by atoms with E-state index in [2.05, 4.69) is 10.2 Å². The van der Waals surface area contributed by atoms with Gasteiger partial charge in [0.05, 0.1) is 26.4 Å². The lowest BCUT2D eigenvalue weighted by molar-refractivity contribution is -0.134. The molecule has 7 nitrogen and oxygen atoms in total. The van der Waals surface area contributed by atoms with E-state index in [1.54, 1.807) is 4.90 Å². The van der Waals surface area contributed by atoms with Gasteiger partial charge in [-0.25, -0.2) is 0 Å². The van der Waals surface area contributed by atoms with Gasteiger partial charge >= 0.3 is 0 Å². The third-order valence-corrected chi connectivity index (χ3v) is 6.14. The van der Waals surface area contributed by atoms with E-state index in [1.165, 1.54) is 0 Å². The van der Waals surface area contributed by atoms with Crippen molar-refractivity contribution in [2.24, 2.45) is 0 Å². The molecule has 0 bridgehead atoms. The number of carbonyl (C=O) groups excluding carboxylic acids is 2. The molecule has 7 heteroatoms. The van der Waals surface area contributed by atoms with Gasteiger partial charge in [-0.3, -0.25) is 9.59 Å². The predicted molar refractivity (Wildman–Crippen MR) is 139 cm³/mol. The molecule has 0 radical (unpaired) electrons. The largest absolute Gasteiger partial charge is 0.493 e. The lowest BCUT2D eigenvalue weighted by atomic mass is 10.1. The number of fused-ring (bicyclic) bond motifs is 1. The summed E-state index contributed by atoms with van der Waals surface area (Å²) in [6, 6.07) is 21.8. The topological polar surface area (TPSA) is 71.1 Å². The average molecular weight is 476 g/mol. The Balaban J connectivity index is 1.21. The number of benzene rings is 3. The normalized spacial score (nSPS) is 13.5. The van der Waals surface area contributed by atoms with Crippen molar-refractivity contribution >= 4 is 34.0 Å². The Hall–Kier alpha value is -3.58. The Kier molecular flexibility index (Phi) is 8.57. The molecule has 4 rings (SSSR count). The molecule has 0 atom stereocenters. The number of hydrogen-bond donors (Lipinski definition) is 1. The highest BCUT2D eigenvalue weighted by molar-refractivity contribution is 5.94. The van der Waals surface area contributed by atoms with Crippen molar-refractivity contribution in [1.29, 1.82) is 0 Å². The fraction of sp³-hybridized carbons (Fsp3) is 0.357. The van der Waals surface area contributed by atoms with Gasteiger partial charge in [-0.15, -0.1) is 0 Å². The lowest BCUT2D eigenvalue weighted by Crippen LogP contribution is -2.38. The molecule has 0 unspecified atom stereocenters. The number of hydrogen-bond acceptors (Lipinski definition) is 5. The van der Waals surface area contributed by atoms with Crippen molar-refractivity contribution in [1.82, 2.24) is 4.90 Å². The molecule has 1 fully saturated rings. The van der Waals surface area contributed by atoms with Crippen LogP contribution in [-0.2, 0) is 14.3 Å². The number of nitrogens with zero attached hydrogens (tertiary/aromatic N) is 2. The molecule has 2 amide bonds. The van der Waals surface area contributed by atoms with E-state index in [9.17, 15) is 9.59 Å². The first-order valence-electron chi connectivity index (χ1n) is 12.2. The van der Waals surface area contributed by atoms with Crippen molar-refractivity contribution in [3.63, 3.8) is 0 Å². The Morgan fingerprint density at radius 3 is 2.51 bits per heavy atom. The fourth-order valence-corrected chi connectivity index (χ4v) is 4.21. The van der Waals surface area contributed by atoms with E-state index in [4.69, 9.17) is 9.47 Å². The molecular formula is C28H33N3O4. The third-order valence-electron chi connectivity index (χ3n) is 6.14. The second kappa shape index (κ2) is 12.2. The van der Waals surface area contributed by atoms with Crippen LogP contribution in [-0.4, -0.2) is 62.7 Å². The van der Waals surface area contributed by atoms with Crippen LogP contribution in [0.3, 0.4) is 0 Å². The Morgan fingerprint density at radius 2 is 1.74 bits per heavy atom. The molecule has 0 saturated carbocycles. The number of rotatable bonds is 10. The number of carbonyl (C=O) groups is 2. The summed E-state index contributed by atoms with van der Waals surface area (Å²) in [5.74, 6) is 0.570. The van der Waals surface area contributed by atoms with Gasteiger partial charge in [0.1, 0.15) is 5.75 Å². The number of ether oxygens (including phenoxy) is 2. The maximum absolute atomic E-state index is 12.7. The zero-order valence-corrected chi connectivity index (χ0v) is 20.2. The standard InChI is InChI=1S/C28H33N3O4/c1-2-30(21-27(32)29-23-12-14-24(15-13-23)31-16-19-34-20-17-31)28(33)11-6-18-35-26-10-5-8-22-7-3-4-9-25(22)26/h3-5,7-10,12-15H,2,6,11,16-21H2,1H3,(H,29,32). The predicted octanol–water partition coefficient (Wildman–Crippen LogP) is 4.32. The quantitative estimate of drug-likeness (QED) is 0.442. The first-order valence-corrected chi connectivity index (χ1v) is 12.2. The summed E-state index contributed by atoms with van der Waals surface area (Å²) in [7, 11) is 0. The summed E-state index contributed by atoms with van der Waals surface area (Å²) < 4.78 is 11.3. The van der Waals surface area contributed by atoms with Crippen molar-refractivity contribution in [2.75, 3.05) is 56.2 Å². The van der Waals surface area contributed by atoms with E-state index in [1.807, 2.05) is 73.7 Å². The number of likely N-dealkylation sites (N-methyl/N-ethyl adjacent to an activating group) is 1. The maximum Gasteiger partial charge on any atom is 0.243 e. The molecule has 0 aliphatic carbocycles. The van der Waals surface area contributed by atoms with Crippen LogP contribution in [0.15, 0.2) is 66.7 Å². The van der Waals surface area contributed by atoms with Gasteiger partial charge in [-0.2, -0.15) is 0 Å². The molecular weight excluding hydrogens is 442 g/mol. The SMILES string of the molecule is CCN(CC(=O)Nc1ccc(N2CCOCC2)cc1)C(=O)CCCOc1cccc2ccccc12. The van der Waals surface area contributed by atoms with Crippen molar-refractivity contribution in [3.8, 4) is 5.75 Å². The Bertz CT molecular complexity index is 1120. The summed E-state index contributed by atoms with van der Waals surface area (Å²) in [6.07, 6.45) is 0.920. The van der Waals surface area contributed by atoms with Crippen LogP contribution in [0, 0.1) is 0 Å². The van der Waals surface area contributed by atoms with Crippen molar-refractivity contribution in [2.45, 2.75) is 19.8 Å². The highest BCUT2D eigenvalue weighted by Crippen LogP contribution is 2.25. The molecule has 1 heterocycles. The van der Waals surface area contributed by atoms with E-state index in [0.717, 1.165) is 54.2 Å². The van der Waals surface area contributed by atoms with E-state index in [-0.39, 0.29) is 18.4 Å². The molecule has 3 aromatic rings. The van der Waals surface area contributed by atoms with Crippen molar-refractivity contribution in [3.05, 3.63) is 66.7 Å². The van der Waals surface area contributed by atoms with Crippen LogP contribution in [0.2, 0.25) is 0 Å². The summed E-state index contributed by atoms with van der Waals surface area (Å²) in [5, 5.41) is 5.08. The van der Waals surface area contributed by atoms with Gasteiger partial charge < -0.3 is 24.6 Å². The van der Waals surface area contributed by atoms with Gasteiger partial charge in [0.2, 0.25) is 11.8 Å². The smallest absolute Gasteiger partial charge is 0.243 e. The molecule has 184 valence electrons. The Labute approximate surface area is 206 Å². The number of morpholine rings is 1. The number of nitrogens with one attached hydrogen (secondary N) is 1. The minimum absolute atomic E-state index is 0.0325. The van der Waals surface area contributed by atoms with Crippen LogP contribution in [0.5, 0.6) is 5.75 Å². The minimum atomic E-state index is -0.202. The van der Waals surface area contributed by atoms with E-state index < -0.39 is 0 Å². The molecule has 1 N–H and O–H groups in total. The molecule has 35 heavy (non-hydrogen) atoms. The van der Waals surface area contributed by atoms with Gasteiger partial charge in [0, 0.05) is 42.8 Å². The monoisotopic (exact) mass is 475 g/mol. The molecule has 0 spiro atoms. The summed E-state index contributed by atoms with van der Waals surface area (Å²) in [6.45, 7) is 6.03. The van der Waals surface area contributed by atoms with Crippen LogP contribution in [0.25, 0.3) is 10.8 Å². The van der Waals surface area contributed by atoms with Gasteiger partial charge in [0.15, 0.2) is 0 Å². The molecule has 3 aromatic carbocycles. The van der Waals surface area contributed by atoms with Crippen LogP contribution >= 0.6 is 0 Å². The zero-order chi connectivity index (χ0) is 24.5. The van der Waals surface area contributed by atoms with E-state index in [0.29, 0.717) is 26.0 Å². The van der Waals surface area contributed by atoms with E-state index >= 15 is 0 Å². The van der Waals surface area contributed by atoms with Crippen LogP contribution < -0.4 is 15.0 Å². The maximum atomic E-state index is 12.7. The summed E-state index contributed by atoms with van der Waals surface area (Å²) >= 11 is 0. The second-order valence-corrected chi connectivity index (χ2v) is 8.53. The summed E-state index contributed by atoms with van der Waals surface area (Å²) in [4.78, 5) is 29.1. The highest BCUT2D eigenvalue weighted by Gasteiger charge is 2.16. The second-order valence-electron chi connectivity index (χ2n) is 8.53. The molecule has 1 saturated heterocycles. The average Bonchev–Trinajstić information content (AvgIpc) is 2.90. The summed E-state index contributed by atoms with van der Waals surface area (Å²) in [5.41, 5.74) is 1.83. The number of anilines is 2. The third kappa shape index (κ3) is 6.73.